The van der Waals surface area contributed by atoms with Gasteiger partial charge in [-0.15, -0.1) is 0 Å². The molecule has 2 heterocycles. The zero-order valence-corrected chi connectivity index (χ0v) is 12.8. The van der Waals surface area contributed by atoms with Crippen molar-refractivity contribution in [2.24, 2.45) is 0 Å². The van der Waals surface area contributed by atoms with E-state index in [0.29, 0.717) is 0 Å². The van der Waals surface area contributed by atoms with Gasteiger partial charge in [-0.05, 0) is 51.0 Å². The van der Waals surface area contributed by atoms with Crippen molar-refractivity contribution in [2.45, 2.75) is 27.7 Å². The molecule has 0 saturated carbocycles. The predicted molar refractivity (Wildman–Crippen MR) is 85.0 cm³/mol. The molecule has 21 heavy (non-hydrogen) atoms. The molecule has 0 saturated heterocycles. The van der Waals surface area contributed by atoms with Crippen LogP contribution in [0.1, 0.15) is 23.9 Å². The van der Waals surface area contributed by atoms with Gasteiger partial charge in [0.25, 0.3) is 0 Å². The number of aryl methyl sites for hydroxylation is 3. The van der Waals surface area contributed by atoms with Gasteiger partial charge >= 0.3 is 0 Å². The fraction of sp³-hybridized carbons (Fsp3) is 0.312. The highest BCUT2D eigenvalue weighted by Crippen LogP contribution is 2.23. The molecule has 3 aromatic rings. The van der Waals surface area contributed by atoms with E-state index in [2.05, 4.69) is 59.4 Å². The fourth-order valence-corrected chi connectivity index (χ4v) is 2.58. The minimum atomic E-state index is 0.740. The average Bonchev–Trinajstić information content (AvgIpc) is 2.81. The molecule has 5 nitrogen and oxygen atoms in total. The molecular weight excluding hydrogens is 262 g/mol. The first kappa shape index (κ1) is 13.5. The van der Waals surface area contributed by atoms with Gasteiger partial charge in [0, 0.05) is 6.54 Å². The van der Waals surface area contributed by atoms with Gasteiger partial charge in [0.15, 0.2) is 5.65 Å². The van der Waals surface area contributed by atoms with Crippen LogP contribution < -0.4 is 5.32 Å². The molecule has 1 N–H and O–H groups in total. The molecule has 0 spiro atoms. The molecule has 3 rings (SSSR count). The van der Waals surface area contributed by atoms with E-state index in [1.807, 2.05) is 17.8 Å². The zero-order valence-electron chi connectivity index (χ0n) is 12.8. The number of rotatable bonds is 3. The Morgan fingerprint density at radius 2 is 1.76 bits per heavy atom. The molecule has 5 heteroatoms. The predicted octanol–water partition coefficient (Wildman–Crippen LogP) is 3.17. The summed E-state index contributed by atoms with van der Waals surface area (Å²) in [7, 11) is 0. The van der Waals surface area contributed by atoms with Gasteiger partial charge in [-0.25, -0.2) is 14.6 Å². The molecule has 0 amide bonds. The van der Waals surface area contributed by atoms with Gasteiger partial charge < -0.3 is 5.32 Å². The minimum Gasteiger partial charge on any atom is -0.370 e. The van der Waals surface area contributed by atoms with Crippen LogP contribution in [-0.2, 0) is 0 Å². The van der Waals surface area contributed by atoms with Gasteiger partial charge in [0.2, 0.25) is 0 Å². The quantitative estimate of drug-likeness (QED) is 0.801. The molecule has 0 aliphatic carbocycles. The summed E-state index contributed by atoms with van der Waals surface area (Å²) in [5.41, 5.74) is 4.30. The number of hydrogen-bond acceptors (Lipinski definition) is 4. The summed E-state index contributed by atoms with van der Waals surface area (Å²) in [5, 5.41) is 8.73. The highest BCUT2D eigenvalue weighted by atomic mass is 15.3. The Labute approximate surface area is 124 Å². The van der Waals surface area contributed by atoms with Crippen molar-refractivity contribution in [3.05, 3.63) is 41.3 Å². The van der Waals surface area contributed by atoms with E-state index in [4.69, 9.17) is 0 Å². The number of benzene rings is 1. The Morgan fingerprint density at radius 1 is 1.05 bits per heavy atom. The van der Waals surface area contributed by atoms with Gasteiger partial charge in [0.1, 0.15) is 11.6 Å². The highest BCUT2D eigenvalue weighted by molar-refractivity contribution is 5.87. The van der Waals surface area contributed by atoms with Crippen LogP contribution in [0.2, 0.25) is 0 Å². The maximum absolute atomic E-state index is 4.56. The second-order valence-corrected chi connectivity index (χ2v) is 5.29. The highest BCUT2D eigenvalue weighted by Gasteiger charge is 2.12. The van der Waals surface area contributed by atoms with E-state index in [0.717, 1.165) is 34.9 Å². The number of nitrogens with one attached hydrogen (secondary N) is 1. The van der Waals surface area contributed by atoms with E-state index in [9.17, 15) is 0 Å². The number of hydrogen-bond donors (Lipinski definition) is 1. The van der Waals surface area contributed by atoms with Crippen molar-refractivity contribution in [1.82, 2.24) is 19.7 Å². The average molecular weight is 281 g/mol. The Balaban J connectivity index is 2.24. The van der Waals surface area contributed by atoms with Crippen LogP contribution in [0.15, 0.2) is 24.4 Å². The molecule has 0 radical (unpaired) electrons. The Hall–Kier alpha value is -2.43. The zero-order chi connectivity index (χ0) is 15.0. The smallest absolute Gasteiger partial charge is 0.168 e. The summed E-state index contributed by atoms with van der Waals surface area (Å²) < 4.78 is 1.88. The van der Waals surface area contributed by atoms with E-state index in [-0.39, 0.29) is 0 Å². The van der Waals surface area contributed by atoms with Crippen LogP contribution in [0.3, 0.4) is 0 Å². The molecule has 0 atom stereocenters. The Kier molecular flexibility index (Phi) is 3.33. The second kappa shape index (κ2) is 5.16. The fourth-order valence-electron chi connectivity index (χ4n) is 2.58. The van der Waals surface area contributed by atoms with Crippen LogP contribution in [0.25, 0.3) is 16.7 Å². The monoisotopic (exact) mass is 281 g/mol. The molecule has 108 valence electrons. The summed E-state index contributed by atoms with van der Waals surface area (Å²) in [6.45, 7) is 8.95. The summed E-state index contributed by atoms with van der Waals surface area (Å²) >= 11 is 0. The van der Waals surface area contributed by atoms with E-state index < -0.39 is 0 Å². The van der Waals surface area contributed by atoms with Crippen molar-refractivity contribution < 1.29 is 0 Å². The summed E-state index contributed by atoms with van der Waals surface area (Å²) in [4.78, 5) is 9.02. The lowest BCUT2D eigenvalue weighted by molar-refractivity contribution is 0.887. The van der Waals surface area contributed by atoms with Crippen LogP contribution in [0.4, 0.5) is 5.82 Å². The second-order valence-electron chi connectivity index (χ2n) is 5.29. The molecule has 0 bridgehead atoms. The number of fused-ring (bicyclic) bond motifs is 1. The van der Waals surface area contributed by atoms with Crippen LogP contribution in [0, 0.1) is 20.8 Å². The standard InChI is InChI=1S/C16H19N5/c1-5-17-15-14-9-18-21(16(14)20-12(4)19-15)13-7-10(2)6-11(3)8-13/h6-9H,5H2,1-4H3,(H,17,19,20). The van der Waals surface area contributed by atoms with E-state index >= 15 is 0 Å². The van der Waals surface area contributed by atoms with E-state index in [1.54, 1.807) is 0 Å². The van der Waals surface area contributed by atoms with Gasteiger partial charge in [-0.3, -0.25) is 0 Å². The van der Waals surface area contributed by atoms with Crippen molar-refractivity contribution in [1.29, 1.82) is 0 Å². The third-order valence-electron chi connectivity index (χ3n) is 3.34. The summed E-state index contributed by atoms with van der Waals surface area (Å²) in [6.07, 6.45) is 1.82. The SMILES string of the molecule is CCNc1nc(C)nc2c1cnn2-c1cc(C)cc(C)c1. The number of anilines is 1. The van der Waals surface area contributed by atoms with Crippen molar-refractivity contribution in [2.75, 3.05) is 11.9 Å². The Morgan fingerprint density at radius 3 is 2.43 bits per heavy atom. The molecule has 0 aliphatic heterocycles. The lowest BCUT2D eigenvalue weighted by Gasteiger charge is -2.08. The number of nitrogens with zero attached hydrogens (tertiary/aromatic N) is 4. The maximum Gasteiger partial charge on any atom is 0.168 e. The summed E-state index contributed by atoms with van der Waals surface area (Å²) in [6, 6.07) is 6.38. The molecule has 0 aliphatic rings. The minimum absolute atomic E-state index is 0.740. The topological polar surface area (TPSA) is 55.6 Å². The first-order chi connectivity index (χ1) is 10.1. The lowest BCUT2D eigenvalue weighted by Crippen LogP contribution is -2.04. The van der Waals surface area contributed by atoms with Crippen LogP contribution >= 0.6 is 0 Å². The van der Waals surface area contributed by atoms with Gasteiger partial charge in [-0.1, -0.05) is 6.07 Å². The van der Waals surface area contributed by atoms with Crippen LogP contribution in [-0.4, -0.2) is 26.3 Å². The van der Waals surface area contributed by atoms with Crippen LogP contribution in [0.5, 0.6) is 0 Å². The van der Waals surface area contributed by atoms with Crippen molar-refractivity contribution in [3.63, 3.8) is 0 Å². The first-order valence-corrected chi connectivity index (χ1v) is 7.13. The molecule has 0 unspecified atom stereocenters. The first-order valence-electron chi connectivity index (χ1n) is 7.13. The van der Waals surface area contributed by atoms with E-state index in [1.165, 1.54) is 11.1 Å². The normalized spacial score (nSPS) is 11.0. The summed E-state index contributed by atoms with van der Waals surface area (Å²) in [5.74, 6) is 1.58. The Bertz CT molecular complexity index is 784. The third-order valence-corrected chi connectivity index (χ3v) is 3.34. The third kappa shape index (κ3) is 2.46. The molecule has 2 aromatic heterocycles. The largest absolute Gasteiger partial charge is 0.370 e. The number of aromatic nitrogens is 4. The lowest BCUT2D eigenvalue weighted by atomic mass is 10.1. The van der Waals surface area contributed by atoms with Crippen molar-refractivity contribution in [3.8, 4) is 5.69 Å². The van der Waals surface area contributed by atoms with Crippen molar-refractivity contribution >= 4 is 16.9 Å². The van der Waals surface area contributed by atoms with Gasteiger partial charge in [0.05, 0.1) is 17.3 Å². The molecule has 1 aromatic carbocycles. The molecule has 0 fully saturated rings. The van der Waals surface area contributed by atoms with Gasteiger partial charge in [-0.2, -0.15) is 5.10 Å². The molecular formula is C16H19N5. The maximum atomic E-state index is 4.56.